The summed E-state index contributed by atoms with van der Waals surface area (Å²) in [5.74, 6) is -1.87. The third-order valence-corrected chi connectivity index (χ3v) is 6.48. The van der Waals surface area contributed by atoms with E-state index < -0.39 is 27.3 Å². The number of sulfonamides is 1. The van der Waals surface area contributed by atoms with Gasteiger partial charge in [-0.3, -0.25) is 4.72 Å². The van der Waals surface area contributed by atoms with Crippen LogP contribution in [0.25, 0.3) is 22.4 Å². The van der Waals surface area contributed by atoms with Gasteiger partial charge in [0.05, 0.1) is 17.8 Å². The molecule has 1 aromatic carbocycles. The first-order chi connectivity index (χ1) is 15.4. The molecule has 32 heavy (non-hydrogen) atoms. The van der Waals surface area contributed by atoms with Gasteiger partial charge in [-0.1, -0.05) is 0 Å². The minimum Gasteiger partial charge on any atom is -0.341 e. The first kappa shape index (κ1) is 20.2. The molecule has 0 aliphatic heterocycles. The molecule has 0 bridgehead atoms. The van der Waals surface area contributed by atoms with Crippen molar-refractivity contribution in [3.05, 3.63) is 54.8 Å². The average molecular weight is 457 g/mol. The lowest BCUT2D eigenvalue weighted by Crippen LogP contribution is -2.19. The van der Waals surface area contributed by atoms with Gasteiger partial charge in [-0.05, 0) is 43.0 Å². The number of fused-ring (bicyclic) bond motifs is 1. The smallest absolute Gasteiger partial charge is 0.233 e. The number of anilines is 3. The average Bonchev–Trinajstić information content (AvgIpc) is 3.43. The standard InChI is InChI=1S/C20H17F2N7O2S/c21-13-5-6-14(29-32(30,31)8-11-3-4-11)15(22)17(13)28-19-12(2-1-7-23-19)16-18-20(26-9-24-16)27-10-25-18/h1-2,5-7,9-11,29H,3-4,8H2,(H,23,28)(H,24,25,26,27). The van der Waals surface area contributed by atoms with Crippen molar-refractivity contribution in [2.45, 2.75) is 12.8 Å². The molecule has 164 valence electrons. The molecule has 0 radical (unpaired) electrons. The normalized spacial score (nSPS) is 13.9. The summed E-state index contributed by atoms with van der Waals surface area (Å²) >= 11 is 0. The van der Waals surface area contributed by atoms with E-state index in [4.69, 9.17) is 0 Å². The van der Waals surface area contributed by atoms with Gasteiger partial charge in [0.15, 0.2) is 11.5 Å². The Labute approximate surface area is 181 Å². The number of nitrogens with one attached hydrogen (secondary N) is 3. The Balaban J connectivity index is 1.52. The summed E-state index contributed by atoms with van der Waals surface area (Å²) in [6.45, 7) is 0. The summed E-state index contributed by atoms with van der Waals surface area (Å²) in [7, 11) is -3.75. The number of rotatable bonds is 7. The van der Waals surface area contributed by atoms with Crippen LogP contribution in [0.15, 0.2) is 43.1 Å². The third kappa shape index (κ3) is 3.96. The molecule has 3 aromatic heterocycles. The molecule has 3 heterocycles. The second-order valence-electron chi connectivity index (χ2n) is 7.46. The molecule has 0 saturated heterocycles. The van der Waals surface area contributed by atoms with Crippen molar-refractivity contribution in [1.29, 1.82) is 0 Å². The van der Waals surface area contributed by atoms with Crippen molar-refractivity contribution in [1.82, 2.24) is 24.9 Å². The van der Waals surface area contributed by atoms with E-state index >= 15 is 4.39 Å². The predicted molar refractivity (Wildman–Crippen MR) is 115 cm³/mol. The highest BCUT2D eigenvalue weighted by atomic mass is 32.2. The summed E-state index contributed by atoms with van der Waals surface area (Å²) in [5, 5.41) is 2.65. The Morgan fingerprint density at radius 3 is 2.75 bits per heavy atom. The molecule has 3 N–H and O–H groups in total. The molecule has 0 atom stereocenters. The summed E-state index contributed by atoms with van der Waals surface area (Å²) in [4.78, 5) is 19.5. The van der Waals surface area contributed by atoms with Crippen molar-refractivity contribution in [2.75, 3.05) is 15.8 Å². The van der Waals surface area contributed by atoms with Crippen LogP contribution in [0.1, 0.15) is 12.8 Å². The number of halogens is 2. The molecule has 0 unspecified atom stereocenters. The first-order valence-corrected chi connectivity index (χ1v) is 11.4. The van der Waals surface area contributed by atoms with E-state index in [9.17, 15) is 12.8 Å². The van der Waals surface area contributed by atoms with Gasteiger partial charge < -0.3 is 10.3 Å². The maximum absolute atomic E-state index is 15.1. The fourth-order valence-corrected chi connectivity index (χ4v) is 4.86. The van der Waals surface area contributed by atoms with E-state index in [2.05, 4.69) is 35.0 Å². The molecular weight excluding hydrogens is 440 g/mol. The van der Waals surface area contributed by atoms with Crippen LogP contribution in [0.4, 0.5) is 26.0 Å². The lowest BCUT2D eigenvalue weighted by molar-refractivity contribution is 0.587. The number of pyridine rings is 1. The second kappa shape index (κ2) is 7.79. The number of aromatic nitrogens is 5. The van der Waals surface area contributed by atoms with Crippen LogP contribution < -0.4 is 10.0 Å². The molecule has 9 nitrogen and oxygen atoms in total. The molecule has 0 amide bonds. The number of nitrogens with zero attached hydrogens (tertiary/aromatic N) is 4. The summed E-state index contributed by atoms with van der Waals surface area (Å²) < 4.78 is 56.4. The van der Waals surface area contributed by atoms with Crippen molar-refractivity contribution >= 4 is 38.4 Å². The van der Waals surface area contributed by atoms with Gasteiger partial charge in [0.2, 0.25) is 10.0 Å². The van der Waals surface area contributed by atoms with E-state index in [1.165, 1.54) is 18.9 Å². The Morgan fingerprint density at radius 1 is 1.09 bits per heavy atom. The zero-order valence-corrected chi connectivity index (χ0v) is 17.3. The topological polar surface area (TPSA) is 126 Å². The van der Waals surface area contributed by atoms with Crippen LogP contribution in [0.3, 0.4) is 0 Å². The molecule has 12 heteroatoms. The number of H-pyrrole nitrogens is 1. The molecular formula is C20H17F2N7O2S. The molecule has 1 fully saturated rings. The molecule has 4 aromatic rings. The van der Waals surface area contributed by atoms with Gasteiger partial charge in [0.1, 0.15) is 34.9 Å². The summed E-state index contributed by atoms with van der Waals surface area (Å²) in [6.07, 6.45) is 5.90. The summed E-state index contributed by atoms with van der Waals surface area (Å²) in [6, 6.07) is 5.37. The van der Waals surface area contributed by atoms with E-state index in [0.29, 0.717) is 22.4 Å². The molecule has 5 rings (SSSR count). The van der Waals surface area contributed by atoms with Gasteiger partial charge in [-0.25, -0.2) is 37.1 Å². The van der Waals surface area contributed by atoms with Crippen molar-refractivity contribution < 1.29 is 17.2 Å². The highest BCUT2D eigenvalue weighted by Crippen LogP contribution is 2.35. The third-order valence-electron chi connectivity index (χ3n) is 5.04. The molecule has 1 aliphatic rings. The van der Waals surface area contributed by atoms with Crippen molar-refractivity contribution in [3.8, 4) is 11.3 Å². The highest BCUT2D eigenvalue weighted by molar-refractivity contribution is 7.92. The molecule has 1 saturated carbocycles. The van der Waals surface area contributed by atoms with Gasteiger partial charge in [-0.2, -0.15) is 0 Å². The maximum Gasteiger partial charge on any atom is 0.233 e. The maximum atomic E-state index is 15.1. The van der Waals surface area contributed by atoms with Gasteiger partial charge in [0, 0.05) is 11.8 Å². The second-order valence-corrected chi connectivity index (χ2v) is 9.23. The Hall–Kier alpha value is -3.67. The largest absolute Gasteiger partial charge is 0.341 e. The van der Waals surface area contributed by atoms with E-state index in [0.717, 1.165) is 25.0 Å². The monoisotopic (exact) mass is 457 g/mol. The number of imidazole rings is 1. The molecule has 0 spiro atoms. The number of benzene rings is 1. The van der Waals surface area contributed by atoms with Crippen molar-refractivity contribution in [3.63, 3.8) is 0 Å². The first-order valence-electron chi connectivity index (χ1n) is 9.76. The Bertz CT molecular complexity index is 1420. The summed E-state index contributed by atoms with van der Waals surface area (Å²) in [5.41, 5.74) is 0.963. The predicted octanol–water partition coefficient (Wildman–Crippen LogP) is 3.59. The zero-order valence-electron chi connectivity index (χ0n) is 16.5. The van der Waals surface area contributed by atoms with Gasteiger partial charge in [-0.15, -0.1) is 0 Å². The number of hydrogen-bond acceptors (Lipinski definition) is 7. The van der Waals surface area contributed by atoms with Crippen LogP contribution in [0, 0.1) is 17.6 Å². The van der Waals surface area contributed by atoms with Crippen LogP contribution in [-0.2, 0) is 10.0 Å². The fraction of sp³-hybridized carbons (Fsp3) is 0.200. The van der Waals surface area contributed by atoms with Crippen LogP contribution in [0.2, 0.25) is 0 Å². The van der Waals surface area contributed by atoms with Crippen LogP contribution in [0.5, 0.6) is 0 Å². The zero-order chi connectivity index (χ0) is 22.3. The minimum absolute atomic E-state index is 0.0804. The number of aromatic amines is 1. The Morgan fingerprint density at radius 2 is 1.94 bits per heavy atom. The quantitative estimate of drug-likeness (QED) is 0.387. The minimum atomic E-state index is -3.75. The fourth-order valence-electron chi connectivity index (χ4n) is 3.33. The van der Waals surface area contributed by atoms with Crippen LogP contribution >= 0.6 is 0 Å². The van der Waals surface area contributed by atoms with Crippen molar-refractivity contribution in [2.24, 2.45) is 5.92 Å². The molecule has 1 aliphatic carbocycles. The van der Waals surface area contributed by atoms with Crippen LogP contribution in [-0.4, -0.2) is 39.1 Å². The SMILES string of the molecule is O=S(=O)(CC1CC1)Nc1ccc(F)c(Nc2ncccc2-c2ncnc3nc[nH]c23)c1F. The van der Waals surface area contributed by atoms with E-state index in [1.807, 2.05) is 0 Å². The highest BCUT2D eigenvalue weighted by Gasteiger charge is 2.29. The lowest BCUT2D eigenvalue weighted by atomic mass is 10.1. The van der Waals surface area contributed by atoms with E-state index in [-0.39, 0.29) is 23.2 Å². The van der Waals surface area contributed by atoms with Gasteiger partial charge >= 0.3 is 0 Å². The number of hydrogen-bond donors (Lipinski definition) is 3. The lowest BCUT2D eigenvalue weighted by Gasteiger charge is -2.15. The van der Waals surface area contributed by atoms with E-state index in [1.54, 1.807) is 12.1 Å². The van der Waals surface area contributed by atoms with Gasteiger partial charge in [0.25, 0.3) is 0 Å². The Kier molecular flexibility index (Phi) is 4.93.